The highest BCUT2D eigenvalue weighted by atomic mass is 16.5. The minimum atomic E-state index is -1.82. The van der Waals surface area contributed by atoms with Gasteiger partial charge < -0.3 is 24.4 Å². The molecule has 0 bridgehead atoms. The third-order valence-corrected chi connectivity index (χ3v) is 6.19. The van der Waals surface area contributed by atoms with Crippen LogP contribution >= 0.6 is 0 Å². The summed E-state index contributed by atoms with van der Waals surface area (Å²) in [6, 6.07) is 4.86. The van der Waals surface area contributed by atoms with E-state index in [0.717, 1.165) is 42.9 Å². The molecule has 0 spiro atoms. The molecule has 180 valence electrons. The molecule has 0 amide bonds. The van der Waals surface area contributed by atoms with Crippen LogP contribution in [0, 0.1) is 5.92 Å². The fraction of sp³-hybridized carbons (Fsp3) is 0.652. The lowest BCUT2D eigenvalue weighted by Gasteiger charge is -2.42. The zero-order chi connectivity index (χ0) is 23.7. The summed E-state index contributed by atoms with van der Waals surface area (Å²) in [5.41, 5.74) is 1.16. The number of aliphatic carboxylic acids is 2. The fourth-order valence-electron chi connectivity index (χ4n) is 4.55. The Kier molecular flexibility index (Phi) is 10.1. The summed E-state index contributed by atoms with van der Waals surface area (Å²) in [5, 5.41) is 14.8. The van der Waals surface area contributed by atoms with Crippen molar-refractivity contribution in [2.75, 3.05) is 47.5 Å². The Morgan fingerprint density at radius 1 is 0.938 bits per heavy atom. The molecule has 0 radical (unpaired) electrons. The van der Waals surface area contributed by atoms with Crippen LogP contribution in [0.4, 0.5) is 0 Å². The van der Waals surface area contributed by atoms with Gasteiger partial charge in [-0.1, -0.05) is 25.8 Å². The Balaban J connectivity index is 0.000000534. The molecule has 1 aromatic carbocycles. The van der Waals surface area contributed by atoms with Gasteiger partial charge in [-0.05, 0) is 24.8 Å². The maximum atomic E-state index is 9.10. The number of nitrogens with zero attached hydrogens (tertiary/aromatic N) is 2. The highest BCUT2D eigenvalue weighted by Gasteiger charge is 2.28. The zero-order valence-corrected chi connectivity index (χ0v) is 19.5. The molecule has 2 atom stereocenters. The van der Waals surface area contributed by atoms with Gasteiger partial charge in [-0.3, -0.25) is 9.80 Å². The van der Waals surface area contributed by atoms with E-state index >= 15 is 0 Å². The van der Waals surface area contributed by atoms with E-state index in [9.17, 15) is 0 Å². The number of piperazine rings is 1. The SMILES string of the molecule is COc1ccc(CN2CCN(C3CCCC(C)C3)CC2)c(OC)c1OC.O=C(O)C(=O)O. The van der Waals surface area contributed by atoms with Crippen LogP contribution in [0.3, 0.4) is 0 Å². The summed E-state index contributed by atoms with van der Waals surface area (Å²) in [5.74, 6) is -0.574. The third-order valence-electron chi connectivity index (χ3n) is 6.19. The third kappa shape index (κ3) is 7.00. The van der Waals surface area contributed by atoms with Crippen molar-refractivity contribution >= 4 is 11.9 Å². The predicted octanol–water partition coefficient (Wildman–Crippen LogP) is 2.56. The average Bonchev–Trinajstić information content (AvgIpc) is 2.79. The largest absolute Gasteiger partial charge is 0.493 e. The topological polar surface area (TPSA) is 109 Å². The van der Waals surface area contributed by atoms with E-state index in [4.69, 9.17) is 34.0 Å². The smallest absolute Gasteiger partial charge is 0.414 e. The molecule has 1 saturated carbocycles. The Hall–Kier alpha value is -2.52. The summed E-state index contributed by atoms with van der Waals surface area (Å²) >= 11 is 0. The lowest BCUT2D eigenvalue weighted by atomic mass is 9.86. The van der Waals surface area contributed by atoms with E-state index in [1.54, 1.807) is 21.3 Å². The van der Waals surface area contributed by atoms with Crippen molar-refractivity contribution in [2.45, 2.75) is 45.2 Å². The van der Waals surface area contributed by atoms with Gasteiger partial charge >= 0.3 is 11.9 Å². The second-order valence-electron chi connectivity index (χ2n) is 8.34. The van der Waals surface area contributed by atoms with Crippen molar-refractivity contribution in [2.24, 2.45) is 5.92 Å². The summed E-state index contributed by atoms with van der Waals surface area (Å²) in [7, 11) is 5.01. The Morgan fingerprint density at radius 3 is 2.06 bits per heavy atom. The van der Waals surface area contributed by atoms with E-state index in [-0.39, 0.29) is 0 Å². The van der Waals surface area contributed by atoms with Crippen LogP contribution in [0.2, 0.25) is 0 Å². The van der Waals surface area contributed by atoms with Gasteiger partial charge in [-0.15, -0.1) is 0 Å². The first kappa shape index (κ1) is 25.7. The minimum Gasteiger partial charge on any atom is -0.493 e. The molecule has 1 saturated heterocycles. The molecule has 1 heterocycles. The van der Waals surface area contributed by atoms with Crippen LogP contribution < -0.4 is 14.2 Å². The van der Waals surface area contributed by atoms with Crippen LogP contribution in [0.1, 0.15) is 38.2 Å². The first-order valence-electron chi connectivity index (χ1n) is 11.0. The molecule has 2 fully saturated rings. The number of hydrogen-bond donors (Lipinski definition) is 2. The van der Waals surface area contributed by atoms with Crippen LogP contribution in [0.5, 0.6) is 17.2 Å². The summed E-state index contributed by atoms with van der Waals surface area (Å²) in [4.78, 5) is 23.4. The summed E-state index contributed by atoms with van der Waals surface area (Å²) in [6.45, 7) is 7.87. The molecule has 32 heavy (non-hydrogen) atoms. The Labute approximate surface area is 189 Å². The quantitative estimate of drug-likeness (QED) is 0.630. The number of hydrogen-bond acceptors (Lipinski definition) is 7. The van der Waals surface area contributed by atoms with E-state index in [0.29, 0.717) is 11.5 Å². The summed E-state index contributed by atoms with van der Waals surface area (Å²) in [6.07, 6.45) is 5.57. The van der Waals surface area contributed by atoms with Gasteiger partial charge in [-0.25, -0.2) is 9.59 Å². The molecular weight excluding hydrogens is 416 g/mol. The van der Waals surface area contributed by atoms with Crippen molar-refractivity contribution in [3.8, 4) is 17.2 Å². The van der Waals surface area contributed by atoms with Crippen LogP contribution in [-0.4, -0.2) is 85.5 Å². The molecule has 1 aliphatic heterocycles. The van der Waals surface area contributed by atoms with Crippen LogP contribution in [-0.2, 0) is 16.1 Å². The molecule has 2 N–H and O–H groups in total. The first-order chi connectivity index (χ1) is 15.3. The molecule has 2 aliphatic rings. The maximum absolute atomic E-state index is 9.10. The number of benzene rings is 1. The number of carboxylic acids is 2. The Bertz CT molecular complexity index is 751. The van der Waals surface area contributed by atoms with Crippen LogP contribution in [0.25, 0.3) is 0 Å². The van der Waals surface area contributed by atoms with Crippen molar-refractivity contribution < 1.29 is 34.0 Å². The van der Waals surface area contributed by atoms with E-state index < -0.39 is 11.9 Å². The number of carboxylic acid groups (broad SMARTS) is 2. The average molecular weight is 453 g/mol. The monoisotopic (exact) mass is 452 g/mol. The normalized spacial score (nSPS) is 21.8. The zero-order valence-electron chi connectivity index (χ0n) is 19.5. The molecular formula is C23H36N2O7. The number of methoxy groups -OCH3 is 3. The molecule has 0 aromatic heterocycles. The van der Waals surface area contributed by atoms with Crippen LogP contribution in [0.15, 0.2) is 12.1 Å². The Morgan fingerprint density at radius 2 is 1.56 bits per heavy atom. The molecule has 9 nitrogen and oxygen atoms in total. The standard InChI is InChI=1S/C21H34N2O3.C2H2O4/c1-16-6-5-7-18(14-16)23-12-10-22(11-13-23)15-17-8-9-19(24-2)21(26-4)20(17)25-3;3-1(4)2(5)6/h8-9,16,18H,5-7,10-15H2,1-4H3;(H,3,4)(H,5,6). The predicted molar refractivity (Wildman–Crippen MR) is 120 cm³/mol. The highest BCUT2D eigenvalue weighted by molar-refractivity contribution is 6.27. The van der Waals surface area contributed by atoms with E-state index in [2.05, 4.69) is 22.8 Å². The fourth-order valence-corrected chi connectivity index (χ4v) is 4.55. The number of carbonyl (C=O) groups is 2. The lowest BCUT2D eigenvalue weighted by Crippen LogP contribution is -2.50. The molecule has 9 heteroatoms. The van der Waals surface area contributed by atoms with Gasteiger partial charge in [0.25, 0.3) is 0 Å². The number of rotatable bonds is 6. The van der Waals surface area contributed by atoms with E-state index in [1.807, 2.05) is 6.07 Å². The summed E-state index contributed by atoms with van der Waals surface area (Å²) < 4.78 is 16.5. The second kappa shape index (κ2) is 12.5. The highest BCUT2D eigenvalue weighted by Crippen LogP contribution is 2.40. The van der Waals surface area contributed by atoms with Gasteiger partial charge in [-0.2, -0.15) is 0 Å². The van der Waals surface area contributed by atoms with E-state index in [1.165, 1.54) is 38.8 Å². The van der Waals surface area contributed by atoms with Crippen molar-refractivity contribution in [3.05, 3.63) is 17.7 Å². The minimum absolute atomic E-state index is 0.683. The van der Waals surface area contributed by atoms with Gasteiger partial charge in [0, 0.05) is 44.3 Å². The van der Waals surface area contributed by atoms with Crippen molar-refractivity contribution in [3.63, 3.8) is 0 Å². The van der Waals surface area contributed by atoms with Gasteiger partial charge in [0.15, 0.2) is 11.5 Å². The molecule has 1 aromatic rings. The van der Waals surface area contributed by atoms with Crippen molar-refractivity contribution in [1.29, 1.82) is 0 Å². The maximum Gasteiger partial charge on any atom is 0.414 e. The van der Waals surface area contributed by atoms with Crippen molar-refractivity contribution in [1.82, 2.24) is 9.80 Å². The van der Waals surface area contributed by atoms with Gasteiger partial charge in [0.2, 0.25) is 5.75 Å². The second-order valence-corrected chi connectivity index (χ2v) is 8.34. The van der Waals surface area contributed by atoms with Gasteiger partial charge in [0.05, 0.1) is 21.3 Å². The number of ether oxygens (including phenoxy) is 3. The lowest BCUT2D eigenvalue weighted by molar-refractivity contribution is -0.159. The first-order valence-corrected chi connectivity index (χ1v) is 11.0. The molecule has 3 rings (SSSR count). The van der Waals surface area contributed by atoms with Gasteiger partial charge in [0.1, 0.15) is 0 Å². The molecule has 2 unspecified atom stereocenters. The molecule has 1 aliphatic carbocycles.